The number of hydrogen-bond acceptors (Lipinski definition) is 3. The number of aryl methyl sites for hydroxylation is 3. The molecule has 0 atom stereocenters. The molecule has 0 saturated carbocycles. The molecule has 3 aromatic rings. The minimum Gasteiger partial charge on any atom is -0.350 e. The van der Waals surface area contributed by atoms with Gasteiger partial charge >= 0.3 is 0 Å². The number of carbonyl (C=O) groups is 1. The molecule has 31 heavy (non-hydrogen) atoms. The summed E-state index contributed by atoms with van der Waals surface area (Å²) in [4.78, 5) is 12.9. The Morgan fingerprint density at radius 1 is 0.935 bits per heavy atom. The summed E-state index contributed by atoms with van der Waals surface area (Å²) in [6, 6.07) is 19.1. The SMILES string of the molecule is Cc1ccc(S(=O)(=O)N(CC(=O)NCc2ccccc2Cl)c2ccc(C)c(C)c2)cc1. The lowest BCUT2D eigenvalue weighted by molar-refractivity contribution is -0.119. The monoisotopic (exact) mass is 456 g/mol. The highest BCUT2D eigenvalue weighted by Crippen LogP contribution is 2.26. The van der Waals surface area contributed by atoms with Crippen molar-refractivity contribution < 1.29 is 13.2 Å². The lowest BCUT2D eigenvalue weighted by Crippen LogP contribution is -2.40. The molecule has 5 nitrogen and oxygen atoms in total. The van der Waals surface area contributed by atoms with Crippen molar-refractivity contribution in [3.05, 3.63) is 94.0 Å². The number of halogens is 1. The molecular formula is C24H25ClN2O3S. The molecular weight excluding hydrogens is 432 g/mol. The maximum absolute atomic E-state index is 13.4. The van der Waals surface area contributed by atoms with E-state index in [0.29, 0.717) is 10.7 Å². The summed E-state index contributed by atoms with van der Waals surface area (Å²) in [7, 11) is -3.94. The number of nitrogens with one attached hydrogen (secondary N) is 1. The molecule has 0 bridgehead atoms. The van der Waals surface area contributed by atoms with Crippen LogP contribution in [-0.2, 0) is 21.4 Å². The Labute approximate surface area is 188 Å². The maximum atomic E-state index is 13.4. The molecule has 0 saturated heterocycles. The normalized spacial score (nSPS) is 11.2. The van der Waals surface area contributed by atoms with Crippen molar-refractivity contribution >= 4 is 33.2 Å². The first-order valence-electron chi connectivity index (χ1n) is 9.85. The molecule has 1 N–H and O–H groups in total. The van der Waals surface area contributed by atoms with E-state index in [4.69, 9.17) is 11.6 Å². The second-order valence-electron chi connectivity index (χ2n) is 7.46. The molecule has 3 aromatic carbocycles. The Kier molecular flexibility index (Phi) is 7.03. The van der Waals surface area contributed by atoms with Gasteiger partial charge in [0.15, 0.2) is 0 Å². The molecule has 1 amide bonds. The molecule has 0 aliphatic heterocycles. The minimum absolute atomic E-state index is 0.134. The maximum Gasteiger partial charge on any atom is 0.264 e. The van der Waals surface area contributed by atoms with Gasteiger partial charge in [0.25, 0.3) is 10.0 Å². The number of rotatable bonds is 7. The lowest BCUT2D eigenvalue weighted by Gasteiger charge is -2.25. The van der Waals surface area contributed by atoms with E-state index < -0.39 is 15.9 Å². The summed E-state index contributed by atoms with van der Waals surface area (Å²) in [5.41, 5.74) is 4.14. The first-order chi connectivity index (χ1) is 14.7. The molecule has 0 unspecified atom stereocenters. The Balaban J connectivity index is 1.90. The van der Waals surface area contributed by atoms with Gasteiger partial charge in [0.1, 0.15) is 6.54 Å². The molecule has 0 fully saturated rings. The van der Waals surface area contributed by atoms with Crippen LogP contribution in [0.5, 0.6) is 0 Å². The number of nitrogens with zero attached hydrogens (tertiary/aromatic N) is 1. The Hall–Kier alpha value is -2.83. The number of hydrogen-bond donors (Lipinski definition) is 1. The zero-order chi connectivity index (χ0) is 22.6. The van der Waals surface area contributed by atoms with Gasteiger partial charge in [-0.3, -0.25) is 9.10 Å². The van der Waals surface area contributed by atoms with E-state index in [1.165, 1.54) is 0 Å². The number of carbonyl (C=O) groups excluding carboxylic acids is 1. The van der Waals surface area contributed by atoms with Gasteiger partial charge in [-0.1, -0.05) is 53.6 Å². The fourth-order valence-corrected chi connectivity index (χ4v) is 4.67. The van der Waals surface area contributed by atoms with Gasteiger partial charge in [-0.25, -0.2) is 8.42 Å². The molecule has 7 heteroatoms. The van der Waals surface area contributed by atoms with Crippen LogP contribution in [0.15, 0.2) is 71.6 Å². The van der Waals surface area contributed by atoms with E-state index in [-0.39, 0.29) is 18.0 Å². The first-order valence-corrected chi connectivity index (χ1v) is 11.7. The van der Waals surface area contributed by atoms with Crippen molar-refractivity contribution in [2.75, 3.05) is 10.8 Å². The number of amides is 1. The number of anilines is 1. The third-order valence-corrected chi connectivity index (χ3v) is 7.27. The smallest absolute Gasteiger partial charge is 0.264 e. The highest BCUT2D eigenvalue weighted by molar-refractivity contribution is 7.92. The average molecular weight is 457 g/mol. The van der Waals surface area contributed by atoms with E-state index in [2.05, 4.69) is 5.32 Å². The zero-order valence-corrected chi connectivity index (χ0v) is 19.3. The molecule has 0 aromatic heterocycles. The summed E-state index contributed by atoms with van der Waals surface area (Å²) in [6.07, 6.45) is 0. The van der Waals surface area contributed by atoms with Crippen molar-refractivity contribution in [2.45, 2.75) is 32.2 Å². The van der Waals surface area contributed by atoms with Crippen LogP contribution in [-0.4, -0.2) is 20.9 Å². The molecule has 0 aliphatic rings. The number of sulfonamides is 1. The Morgan fingerprint density at radius 2 is 1.61 bits per heavy atom. The van der Waals surface area contributed by atoms with E-state index in [0.717, 1.165) is 26.6 Å². The van der Waals surface area contributed by atoms with Crippen LogP contribution in [0.3, 0.4) is 0 Å². The van der Waals surface area contributed by atoms with Crippen LogP contribution in [0, 0.1) is 20.8 Å². The Morgan fingerprint density at radius 3 is 2.26 bits per heavy atom. The van der Waals surface area contributed by atoms with Gasteiger partial charge in [0.05, 0.1) is 10.6 Å². The predicted molar refractivity (Wildman–Crippen MR) is 125 cm³/mol. The molecule has 162 valence electrons. The van der Waals surface area contributed by atoms with E-state index >= 15 is 0 Å². The summed E-state index contributed by atoms with van der Waals surface area (Å²) in [6.45, 7) is 5.62. The second kappa shape index (κ2) is 9.54. The Bertz CT molecular complexity index is 1190. The van der Waals surface area contributed by atoms with Crippen molar-refractivity contribution in [3.63, 3.8) is 0 Å². The molecule has 0 aliphatic carbocycles. The minimum atomic E-state index is -3.94. The van der Waals surface area contributed by atoms with E-state index in [1.807, 2.05) is 45.0 Å². The fraction of sp³-hybridized carbons (Fsp3) is 0.208. The first kappa shape index (κ1) is 22.8. The van der Waals surface area contributed by atoms with Gasteiger partial charge in [-0.05, 0) is 67.8 Å². The van der Waals surface area contributed by atoms with Gasteiger partial charge < -0.3 is 5.32 Å². The quantitative estimate of drug-likeness (QED) is 0.556. The van der Waals surface area contributed by atoms with Crippen molar-refractivity contribution in [2.24, 2.45) is 0 Å². The lowest BCUT2D eigenvalue weighted by atomic mass is 10.1. The third kappa shape index (κ3) is 5.46. The standard InChI is InChI=1S/C24H25ClN2O3S/c1-17-8-12-22(13-9-17)31(29,30)27(21-11-10-18(2)19(3)14-21)16-24(28)26-15-20-6-4-5-7-23(20)25/h4-14H,15-16H2,1-3H3,(H,26,28). The van der Waals surface area contributed by atoms with Gasteiger partial charge in [-0.15, -0.1) is 0 Å². The summed E-state index contributed by atoms with van der Waals surface area (Å²) in [5, 5.41) is 3.31. The van der Waals surface area contributed by atoms with Crippen LogP contribution in [0.4, 0.5) is 5.69 Å². The highest BCUT2D eigenvalue weighted by Gasteiger charge is 2.27. The van der Waals surface area contributed by atoms with Crippen LogP contribution in [0.2, 0.25) is 5.02 Å². The van der Waals surface area contributed by atoms with Crippen LogP contribution in [0.25, 0.3) is 0 Å². The van der Waals surface area contributed by atoms with Crippen molar-refractivity contribution in [1.29, 1.82) is 0 Å². The van der Waals surface area contributed by atoms with Crippen molar-refractivity contribution in [3.8, 4) is 0 Å². The van der Waals surface area contributed by atoms with Crippen LogP contribution >= 0.6 is 11.6 Å². The predicted octanol–water partition coefficient (Wildman–Crippen LogP) is 4.78. The second-order valence-corrected chi connectivity index (χ2v) is 9.73. The summed E-state index contributed by atoms with van der Waals surface area (Å²) < 4.78 is 28.0. The third-order valence-electron chi connectivity index (χ3n) is 5.11. The largest absolute Gasteiger partial charge is 0.350 e. The number of benzene rings is 3. The molecule has 0 radical (unpaired) electrons. The summed E-state index contributed by atoms with van der Waals surface area (Å²) in [5.74, 6) is -0.422. The van der Waals surface area contributed by atoms with Gasteiger partial charge in [0.2, 0.25) is 5.91 Å². The molecule has 0 heterocycles. The zero-order valence-electron chi connectivity index (χ0n) is 17.7. The van der Waals surface area contributed by atoms with E-state index in [9.17, 15) is 13.2 Å². The van der Waals surface area contributed by atoms with E-state index in [1.54, 1.807) is 42.5 Å². The topological polar surface area (TPSA) is 66.5 Å². The molecule has 3 rings (SSSR count). The van der Waals surface area contributed by atoms with Gasteiger partial charge in [-0.2, -0.15) is 0 Å². The average Bonchev–Trinajstić information content (AvgIpc) is 2.74. The highest BCUT2D eigenvalue weighted by atomic mass is 35.5. The fourth-order valence-electron chi connectivity index (χ4n) is 3.06. The summed E-state index contributed by atoms with van der Waals surface area (Å²) >= 11 is 6.15. The van der Waals surface area contributed by atoms with Gasteiger partial charge in [0, 0.05) is 11.6 Å². The van der Waals surface area contributed by atoms with Crippen LogP contribution in [0.1, 0.15) is 22.3 Å². The molecule has 0 spiro atoms. The van der Waals surface area contributed by atoms with Crippen LogP contribution < -0.4 is 9.62 Å². The van der Waals surface area contributed by atoms with Crippen molar-refractivity contribution in [1.82, 2.24) is 5.32 Å².